The third-order valence-electron chi connectivity index (χ3n) is 3.10. The number of hydrogen-bond acceptors (Lipinski definition) is 7. The van der Waals surface area contributed by atoms with Gasteiger partial charge in [0.05, 0.1) is 20.3 Å². The molecule has 0 bridgehead atoms. The predicted molar refractivity (Wildman–Crippen MR) is 91.9 cm³/mol. The van der Waals surface area contributed by atoms with Crippen molar-refractivity contribution in [3.63, 3.8) is 0 Å². The van der Waals surface area contributed by atoms with E-state index < -0.39 is 12.3 Å². The van der Waals surface area contributed by atoms with Crippen molar-refractivity contribution in [3.05, 3.63) is 34.2 Å². The summed E-state index contributed by atoms with van der Waals surface area (Å²) in [6.07, 6.45) is 0. The van der Waals surface area contributed by atoms with Crippen LogP contribution in [-0.4, -0.2) is 20.3 Å². The minimum Gasteiger partial charge on any atom is -0.497 e. The van der Waals surface area contributed by atoms with Crippen molar-refractivity contribution in [3.8, 4) is 11.5 Å². The molecule has 0 saturated heterocycles. The van der Waals surface area contributed by atoms with E-state index in [9.17, 15) is 4.79 Å². The summed E-state index contributed by atoms with van der Waals surface area (Å²) in [5.74, 6) is 0.621. The monoisotopic (exact) mass is 358 g/mol. The fourth-order valence-electron chi connectivity index (χ4n) is 2.07. The normalized spacial score (nSPS) is 11.7. The highest BCUT2D eigenvalue weighted by molar-refractivity contribution is 8.07. The van der Waals surface area contributed by atoms with Gasteiger partial charge in [-0.25, -0.2) is 4.79 Å². The van der Waals surface area contributed by atoms with Crippen LogP contribution in [-0.2, 0) is 20.9 Å². The Bertz CT molecular complexity index is 790. The van der Waals surface area contributed by atoms with Gasteiger partial charge in [0.1, 0.15) is 11.3 Å². The Labute approximate surface area is 139 Å². The Morgan fingerprint density at radius 1 is 1.22 bits per heavy atom. The quantitative estimate of drug-likeness (QED) is 0.551. The van der Waals surface area contributed by atoms with Crippen LogP contribution in [0.15, 0.2) is 27.4 Å². The summed E-state index contributed by atoms with van der Waals surface area (Å²) >= 11 is 5.31. The molecule has 8 heteroatoms. The van der Waals surface area contributed by atoms with Crippen molar-refractivity contribution in [2.45, 2.75) is 20.8 Å². The summed E-state index contributed by atoms with van der Waals surface area (Å²) in [6, 6.07) is 5.22. The zero-order valence-corrected chi connectivity index (χ0v) is 15.2. The highest BCUT2D eigenvalue weighted by Gasteiger charge is 2.25. The minimum atomic E-state index is -3.04. The van der Waals surface area contributed by atoms with Crippen LogP contribution < -0.4 is 14.9 Å². The summed E-state index contributed by atoms with van der Waals surface area (Å²) in [4.78, 5) is 12.3. The lowest BCUT2D eigenvalue weighted by Crippen LogP contribution is -2.11. The molecule has 2 aromatic rings. The topological polar surface area (TPSA) is 67.1 Å². The maximum absolute atomic E-state index is 12.3. The molecule has 0 aliphatic heterocycles. The Morgan fingerprint density at radius 2 is 1.87 bits per heavy atom. The van der Waals surface area contributed by atoms with Crippen LogP contribution >= 0.6 is 6.72 Å². The third-order valence-corrected chi connectivity index (χ3v) is 5.51. The van der Waals surface area contributed by atoms with Crippen LogP contribution in [0.5, 0.6) is 11.5 Å². The molecule has 0 aliphatic carbocycles. The van der Waals surface area contributed by atoms with Gasteiger partial charge in [0, 0.05) is 28.8 Å². The van der Waals surface area contributed by atoms with Gasteiger partial charge in [-0.3, -0.25) is 9.05 Å². The molecule has 0 fully saturated rings. The molecule has 126 valence electrons. The standard InChI is InChI=1S/C15H19O6PS/c1-5-18-22(23,19-6-2)21-14-10(3)12-8-7-11(17-4)9-13(12)20-15(14)16/h7-9H,5-6H2,1-4H3. The number of benzene rings is 1. The van der Waals surface area contributed by atoms with E-state index in [2.05, 4.69) is 0 Å². The molecule has 23 heavy (non-hydrogen) atoms. The Kier molecular flexibility index (Phi) is 5.81. The van der Waals surface area contributed by atoms with Crippen molar-refractivity contribution >= 4 is 29.5 Å². The molecule has 2 rings (SSSR count). The van der Waals surface area contributed by atoms with Crippen molar-refractivity contribution in [1.29, 1.82) is 0 Å². The highest BCUT2D eigenvalue weighted by atomic mass is 32.5. The van der Waals surface area contributed by atoms with Crippen LogP contribution in [0.4, 0.5) is 0 Å². The molecule has 1 aromatic carbocycles. The average Bonchev–Trinajstić information content (AvgIpc) is 2.51. The second-order valence-corrected chi connectivity index (χ2v) is 7.51. The van der Waals surface area contributed by atoms with Crippen molar-refractivity contribution < 1.29 is 22.7 Å². The van der Waals surface area contributed by atoms with Crippen molar-refractivity contribution in [2.75, 3.05) is 20.3 Å². The maximum Gasteiger partial charge on any atom is 0.380 e. The summed E-state index contributed by atoms with van der Waals surface area (Å²) in [6.45, 7) is 2.94. The van der Waals surface area contributed by atoms with Gasteiger partial charge in [-0.15, -0.1) is 0 Å². The molecule has 6 nitrogen and oxygen atoms in total. The number of methoxy groups -OCH3 is 1. The zero-order valence-electron chi connectivity index (χ0n) is 13.5. The van der Waals surface area contributed by atoms with E-state index in [0.717, 1.165) is 5.39 Å². The first-order valence-corrected chi connectivity index (χ1v) is 9.69. The fraction of sp³-hybridized carbons (Fsp3) is 0.400. The lowest BCUT2D eigenvalue weighted by Gasteiger charge is -2.21. The first-order chi connectivity index (χ1) is 10.9. The van der Waals surface area contributed by atoms with E-state index in [-0.39, 0.29) is 5.75 Å². The highest BCUT2D eigenvalue weighted by Crippen LogP contribution is 2.50. The number of fused-ring (bicyclic) bond motifs is 1. The lowest BCUT2D eigenvalue weighted by molar-refractivity contribution is 0.215. The zero-order chi connectivity index (χ0) is 17.0. The maximum atomic E-state index is 12.3. The molecule has 0 spiro atoms. The van der Waals surface area contributed by atoms with E-state index in [1.807, 2.05) is 0 Å². The molecule has 0 amide bonds. The molecule has 0 radical (unpaired) electrons. The molecule has 0 aliphatic rings. The minimum absolute atomic E-state index is 0.0212. The average molecular weight is 358 g/mol. The number of ether oxygens (including phenoxy) is 1. The molecule has 0 unspecified atom stereocenters. The van der Waals surface area contributed by atoms with Gasteiger partial charge < -0.3 is 13.7 Å². The van der Waals surface area contributed by atoms with Gasteiger partial charge in [-0.2, -0.15) is 0 Å². The lowest BCUT2D eigenvalue weighted by atomic mass is 10.1. The smallest absolute Gasteiger partial charge is 0.380 e. The predicted octanol–water partition coefficient (Wildman–Crippen LogP) is 3.79. The first-order valence-electron chi connectivity index (χ1n) is 7.14. The largest absolute Gasteiger partial charge is 0.497 e. The van der Waals surface area contributed by atoms with Crippen LogP contribution in [0, 0.1) is 6.92 Å². The van der Waals surface area contributed by atoms with Gasteiger partial charge in [0.25, 0.3) is 0 Å². The summed E-state index contributed by atoms with van der Waals surface area (Å²) in [5, 5.41) is 0.731. The summed E-state index contributed by atoms with van der Waals surface area (Å²) < 4.78 is 26.9. The molecule has 0 saturated carbocycles. The Hall–Kier alpha value is -1.40. The summed E-state index contributed by atoms with van der Waals surface area (Å²) in [5.41, 5.74) is 0.407. The van der Waals surface area contributed by atoms with E-state index in [1.54, 1.807) is 46.1 Å². The SMILES string of the molecule is CCOP(=S)(OCC)Oc1c(C)c2ccc(OC)cc2oc1=O. The number of aryl methyl sites for hydroxylation is 1. The second-order valence-electron chi connectivity index (χ2n) is 4.58. The van der Waals surface area contributed by atoms with E-state index in [4.69, 9.17) is 34.5 Å². The van der Waals surface area contributed by atoms with Crippen LogP contribution in [0.2, 0.25) is 0 Å². The Balaban J connectivity index is 2.53. The van der Waals surface area contributed by atoms with Gasteiger partial charge in [-0.1, -0.05) is 0 Å². The molecule has 1 heterocycles. The van der Waals surface area contributed by atoms with Crippen LogP contribution in [0.25, 0.3) is 11.0 Å². The van der Waals surface area contributed by atoms with Crippen molar-refractivity contribution in [2.24, 2.45) is 0 Å². The number of hydrogen-bond donors (Lipinski definition) is 0. The third kappa shape index (κ3) is 3.93. The second kappa shape index (κ2) is 7.45. The molecular weight excluding hydrogens is 339 g/mol. The summed E-state index contributed by atoms with van der Waals surface area (Å²) in [7, 11) is 1.55. The number of rotatable bonds is 7. The van der Waals surface area contributed by atoms with E-state index >= 15 is 0 Å². The van der Waals surface area contributed by atoms with E-state index in [1.165, 1.54) is 0 Å². The Morgan fingerprint density at radius 3 is 2.43 bits per heavy atom. The van der Waals surface area contributed by atoms with Gasteiger partial charge in [0.2, 0.25) is 5.75 Å². The van der Waals surface area contributed by atoms with Gasteiger partial charge in [0.15, 0.2) is 0 Å². The molecule has 0 atom stereocenters. The molecule has 1 aromatic heterocycles. The first kappa shape index (κ1) is 17.9. The fourth-order valence-corrected chi connectivity index (χ4v) is 4.17. The van der Waals surface area contributed by atoms with Crippen LogP contribution in [0.3, 0.4) is 0 Å². The van der Waals surface area contributed by atoms with Gasteiger partial charge in [-0.05, 0) is 32.9 Å². The van der Waals surface area contributed by atoms with Gasteiger partial charge >= 0.3 is 12.3 Å². The molecular formula is C15H19O6PS. The molecule has 0 N–H and O–H groups in total. The van der Waals surface area contributed by atoms with Crippen molar-refractivity contribution in [1.82, 2.24) is 0 Å². The van der Waals surface area contributed by atoms with Crippen LogP contribution in [0.1, 0.15) is 19.4 Å². The van der Waals surface area contributed by atoms with E-state index in [0.29, 0.717) is 30.1 Å².